The number of hydrogen-bond acceptors (Lipinski definition) is 4. The minimum Gasteiger partial charge on any atom is -0.510 e. The van der Waals surface area contributed by atoms with E-state index in [-0.39, 0.29) is 54.9 Å². The number of nitrogens with zero attached hydrogens (tertiary/aromatic N) is 4. The van der Waals surface area contributed by atoms with Gasteiger partial charge in [0.25, 0.3) is 13.0 Å². The average Bonchev–Trinajstić information content (AvgIpc) is 1.97. The van der Waals surface area contributed by atoms with Gasteiger partial charge in [0.1, 0.15) is 28.8 Å². The van der Waals surface area contributed by atoms with E-state index in [1.165, 1.54) is 27.8 Å². The average molecular weight is 1270 g/mol. The maximum atomic E-state index is 7.02. The largest absolute Gasteiger partial charge is 0.510 e. The Balaban J connectivity index is 0.00000680. The monoisotopic (exact) mass is 1270 g/mol. The van der Waals surface area contributed by atoms with Crippen molar-refractivity contribution in [3.05, 3.63) is 204 Å². The first-order valence-corrected chi connectivity index (χ1v) is 28.9. The number of benzene rings is 8. The van der Waals surface area contributed by atoms with Gasteiger partial charge in [-0.1, -0.05) is 176 Å². The van der Waals surface area contributed by atoms with Gasteiger partial charge in [-0.3, -0.25) is 4.57 Å². The fourth-order valence-electron chi connectivity index (χ4n) is 11.8. The molecule has 0 atom stereocenters. The van der Waals surface area contributed by atoms with Crippen molar-refractivity contribution in [2.24, 2.45) is 0 Å². The standard InChI is InChI=1S/C74H71BN4O3.Pt/c1-70(2,3)47-24-28-58-64(39-47)81-66-34-46(35-67-69(66)75(58)59-29-25-48(71(4,5)6)40-65(59)82-67)45-23-30-60-57(33-45)56-27-26-55(43-63(56)79(60)68-41-49(31-32-76-68)72(7,8)9)80-54-20-18-19-52(42-54)77-44-78(62-22-17-16-21-61(62)77)53-37-50(73(10,11)12)36-51(38-53)74(13,14)15;/h16-41H,1-15H3;/q-2;. The molecule has 2 aliphatic rings. The van der Waals surface area contributed by atoms with Crippen LogP contribution in [0.2, 0.25) is 0 Å². The molecule has 420 valence electrons. The van der Waals surface area contributed by atoms with E-state index in [9.17, 15) is 0 Å². The molecule has 3 aromatic heterocycles. The van der Waals surface area contributed by atoms with Crippen molar-refractivity contribution < 1.29 is 39.8 Å². The van der Waals surface area contributed by atoms with Gasteiger partial charge >= 0.3 is 0 Å². The zero-order valence-electron chi connectivity index (χ0n) is 50.4. The smallest absolute Gasteiger partial charge is 0.268 e. The van der Waals surface area contributed by atoms with Crippen LogP contribution in [0, 0.1) is 18.5 Å². The van der Waals surface area contributed by atoms with Crippen molar-refractivity contribution in [2.45, 2.75) is 131 Å². The number of fused-ring (bicyclic) bond motifs is 8. The SMILES string of the molecule is CC(C)(C)c1cc(-[n+]2[c-]n(-c3[c-]c(Oc4[c-]c5c(cc4)c4cc(-c6cc7c8c(c6)Oc6cc(C(C)(C)C)ccc6B8c6ccc(C(C)(C)C)cc6O7)ccc4n5-c4cc(C(C)(C)C)ccn4)ccc3)c3ccccc32)cc(C(C)(C)C)c1.[Pt]. The van der Waals surface area contributed by atoms with E-state index >= 15 is 0 Å². The molecule has 7 nitrogen and oxygen atoms in total. The van der Waals surface area contributed by atoms with Crippen LogP contribution < -0.4 is 35.2 Å². The van der Waals surface area contributed by atoms with Gasteiger partial charge in [-0.25, -0.2) is 4.98 Å². The third-order valence-corrected chi connectivity index (χ3v) is 16.7. The summed E-state index contributed by atoms with van der Waals surface area (Å²) in [5.41, 5.74) is 17.1. The molecule has 8 aromatic carbocycles. The molecule has 0 unspecified atom stereocenters. The second kappa shape index (κ2) is 19.7. The fraction of sp³-hybridized carbons (Fsp3) is 0.270. The van der Waals surface area contributed by atoms with Gasteiger partial charge in [-0.05, 0) is 143 Å². The zero-order chi connectivity index (χ0) is 57.6. The molecule has 0 radical (unpaired) electrons. The van der Waals surface area contributed by atoms with E-state index in [4.69, 9.17) is 19.2 Å². The second-order valence-electron chi connectivity index (χ2n) is 27.9. The normalized spacial score (nSPS) is 13.3. The van der Waals surface area contributed by atoms with Crippen LogP contribution in [-0.2, 0) is 48.1 Å². The van der Waals surface area contributed by atoms with E-state index in [2.05, 4.69) is 269 Å². The van der Waals surface area contributed by atoms with E-state index < -0.39 is 0 Å². The van der Waals surface area contributed by atoms with Crippen molar-refractivity contribution in [3.8, 4) is 62.8 Å². The van der Waals surface area contributed by atoms with Crippen molar-refractivity contribution in [2.75, 3.05) is 0 Å². The van der Waals surface area contributed by atoms with Crippen molar-refractivity contribution in [1.29, 1.82) is 0 Å². The van der Waals surface area contributed by atoms with Gasteiger partial charge in [0.05, 0.1) is 16.7 Å². The van der Waals surface area contributed by atoms with Gasteiger partial charge < -0.3 is 23.3 Å². The van der Waals surface area contributed by atoms with Crippen LogP contribution in [0.3, 0.4) is 0 Å². The molecule has 13 rings (SSSR count). The first kappa shape index (κ1) is 55.8. The number of hydrogen-bond donors (Lipinski definition) is 0. The molecular formula is C74H71BN4O3Pt-2. The van der Waals surface area contributed by atoms with Crippen LogP contribution in [0.4, 0.5) is 0 Å². The van der Waals surface area contributed by atoms with Crippen LogP contribution in [0.25, 0.3) is 61.2 Å². The number of imidazole rings is 1. The summed E-state index contributed by atoms with van der Waals surface area (Å²) in [6, 6.07) is 61.9. The van der Waals surface area contributed by atoms with E-state index in [1.807, 2.05) is 24.4 Å². The van der Waals surface area contributed by atoms with Gasteiger partial charge in [-0.2, -0.15) is 18.2 Å². The summed E-state index contributed by atoms with van der Waals surface area (Å²) in [5, 5.41) is 2.08. The van der Waals surface area contributed by atoms with Crippen molar-refractivity contribution >= 4 is 55.9 Å². The Morgan fingerprint density at radius 2 is 1.07 bits per heavy atom. The zero-order valence-corrected chi connectivity index (χ0v) is 52.7. The summed E-state index contributed by atoms with van der Waals surface area (Å²) in [4.78, 5) is 5.04. The van der Waals surface area contributed by atoms with Crippen molar-refractivity contribution in [1.82, 2.24) is 14.1 Å². The molecule has 11 aromatic rings. The molecule has 83 heavy (non-hydrogen) atoms. The number of pyridine rings is 1. The molecule has 0 aliphatic carbocycles. The summed E-state index contributed by atoms with van der Waals surface area (Å²) in [5.74, 6) is 5.33. The van der Waals surface area contributed by atoms with Crippen LogP contribution in [0.1, 0.15) is 132 Å². The molecule has 5 heterocycles. The van der Waals surface area contributed by atoms with E-state index in [1.54, 1.807) is 0 Å². The summed E-state index contributed by atoms with van der Waals surface area (Å²) >= 11 is 0. The van der Waals surface area contributed by atoms with Crippen LogP contribution in [-0.4, -0.2) is 20.8 Å². The predicted molar refractivity (Wildman–Crippen MR) is 337 cm³/mol. The Bertz CT molecular complexity index is 4300. The maximum absolute atomic E-state index is 7.02. The fourth-order valence-corrected chi connectivity index (χ4v) is 11.8. The topological polar surface area (TPSA) is 54.3 Å². The van der Waals surface area contributed by atoms with Crippen LogP contribution >= 0.6 is 0 Å². The number of aromatic nitrogens is 4. The molecule has 9 heteroatoms. The van der Waals surface area contributed by atoms with Gasteiger partial charge in [-0.15, -0.1) is 29.7 Å². The quantitative estimate of drug-likeness (QED) is 0.0946. The summed E-state index contributed by atoms with van der Waals surface area (Å²) in [7, 11) is 0. The summed E-state index contributed by atoms with van der Waals surface area (Å²) < 4.78 is 27.3. The first-order valence-electron chi connectivity index (χ1n) is 28.9. The molecule has 0 saturated heterocycles. The van der Waals surface area contributed by atoms with E-state index in [0.29, 0.717) is 11.5 Å². The Kier molecular flexibility index (Phi) is 13.3. The Hall–Kier alpha value is -7.67. The van der Waals surface area contributed by atoms with Crippen molar-refractivity contribution in [3.63, 3.8) is 0 Å². The van der Waals surface area contributed by atoms with Crippen LogP contribution in [0.5, 0.6) is 34.5 Å². The second-order valence-corrected chi connectivity index (χ2v) is 27.9. The molecular weight excluding hydrogens is 1200 g/mol. The molecule has 0 amide bonds. The molecule has 2 aliphatic heterocycles. The predicted octanol–water partition coefficient (Wildman–Crippen LogP) is 16.5. The molecule has 0 saturated carbocycles. The van der Waals surface area contributed by atoms with Gasteiger partial charge in [0, 0.05) is 49.7 Å². The van der Waals surface area contributed by atoms with Crippen LogP contribution in [0.15, 0.2) is 158 Å². The number of para-hydroxylation sites is 2. The van der Waals surface area contributed by atoms with E-state index in [0.717, 1.165) is 101 Å². The minimum atomic E-state index is -0.102. The summed E-state index contributed by atoms with van der Waals surface area (Å²) in [6.07, 6.45) is 5.64. The molecule has 0 spiro atoms. The Morgan fingerprint density at radius 3 is 1.69 bits per heavy atom. The third-order valence-electron chi connectivity index (χ3n) is 16.7. The van der Waals surface area contributed by atoms with Gasteiger partial charge in [0.15, 0.2) is 0 Å². The number of rotatable bonds is 6. The molecule has 0 N–H and O–H groups in total. The summed E-state index contributed by atoms with van der Waals surface area (Å²) in [6.45, 7) is 33.8. The Morgan fingerprint density at radius 1 is 0.482 bits per heavy atom. The number of ether oxygens (including phenoxy) is 3. The minimum absolute atomic E-state index is 0. The third kappa shape index (κ3) is 9.99. The first-order chi connectivity index (χ1) is 38.7. The van der Waals surface area contributed by atoms with Gasteiger partial charge in [0.2, 0.25) is 0 Å². The maximum Gasteiger partial charge on any atom is 0.268 e. The molecule has 0 fully saturated rings. The molecule has 0 bridgehead atoms. The Labute approximate surface area is 504 Å².